The Balaban J connectivity index is 2.38. The van der Waals surface area contributed by atoms with Crippen molar-refractivity contribution in [3.05, 3.63) is 18.5 Å². The Kier molecular flexibility index (Phi) is 2.61. The second-order valence-corrected chi connectivity index (χ2v) is 5.08. The molecule has 0 aliphatic carbocycles. The summed E-state index contributed by atoms with van der Waals surface area (Å²) in [6.07, 6.45) is 3.66. The molecule has 0 unspecified atom stereocenters. The van der Waals surface area contributed by atoms with E-state index >= 15 is 0 Å². The van der Waals surface area contributed by atoms with Crippen molar-refractivity contribution in [1.29, 1.82) is 0 Å². The van der Waals surface area contributed by atoms with Crippen LogP contribution in [0.2, 0.25) is 0 Å². The highest BCUT2D eigenvalue weighted by Gasteiger charge is 2.38. The molecule has 1 aromatic rings. The molecule has 17 heavy (non-hydrogen) atoms. The molecule has 0 saturated carbocycles. The molecule has 1 aliphatic heterocycles. The minimum Gasteiger partial charge on any atom is -0.396 e. The van der Waals surface area contributed by atoms with Crippen LogP contribution in [0.25, 0.3) is 0 Å². The normalized spacial score (nSPS) is 19.5. The standard InChI is InChI=1S/C12H15N3O2/c1-12(2)5-10(16)15(11(17)6-12)9-3-4-14-7-8(9)13/h3-4,7H,5-6,13H2,1-2H3. The number of amides is 2. The molecule has 5 nitrogen and oxygen atoms in total. The lowest BCUT2D eigenvalue weighted by Crippen LogP contribution is -2.46. The lowest BCUT2D eigenvalue weighted by Gasteiger charge is -2.34. The van der Waals surface area contributed by atoms with Crippen LogP contribution in [0.3, 0.4) is 0 Å². The van der Waals surface area contributed by atoms with Gasteiger partial charge in [-0.25, -0.2) is 4.90 Å². The average molecular weight is 233 g/mol. The Morgan fingerprint density at radius 1 is 1.29 bits per heavy atom. The molecule has 1 aromatic heterocycles. The number of carbonyl (C=O) groups is 2. The molecule has 1 fully saturated rings. The fourth-order valence-corrected chi connectivity index (χ4v) is 2.05. The minimum absolute atomic E-state index is 0.204. The number of pyridine rings is 1. The maximum atomic E-state index is 12.0. The lowest BCUT2D eigenvalue weighted by molar-refractivity contribution is -0.132. The van der Waals surface area contributed by atoms with Crippen LogP contribution in [0.15, 0.2) is 18.5 Å². The van der Waals surface area contributed by atoms with Crippen molar-refractivity contribution in [3.63, 3.8) is 0 Å². The molecule has 1 aliphatic rings. The number of anilines is 2. The molecule has 0 aromatic carbocycles. The summed E-state index contributed by atoms with van der Waals surface area (Å²) in [5.41, 5.74) is 6.24. The van der Waals surface area contributed by atoms with Crippen LogP contribution in [0.5, 0.6) is 0 Å². The van der Waals surface area contributed by atoms with Gasteiger partial charge in [0, 0.05) is 19.0 Å². The van der Waals surface area contributed by atoms with Gasteiger partial charge in [0.15, 0.2) is 0 Å². The third kappa shape index (κ3) is 2.13. The van der Waals surface area contributed by atoms with E-state index in [1.54, 1.807) is 6.07 Å². The maximum absolute atomic E-state index is 12.0. The van der Waals surface area contributed by atoms with Crippen molar-refractivity contribution in [2.24, 2.45) is 5.41 Å². The number of aromatic nitrogens is 1. The highest BCUT2D eigenvalue weighted by atomic mass is 16.2. The van der Waals surface area contributed by atoms with Crippen LogP contribution in [0.1, 0.15) is 26.7 Å². The fourth-order valence-electron chi connectivity index (χ4n) is 2.05. The van der Waals surface area contributed by atoms with Gasteiger partial charge in [-0.05, 0) is 11.5 Å². The first-order valence-corrected chi connectivity index (χ1v) is 5.46. The van der Waals surface area contributed by atoms with Crippen molar-refractivity contribution in [2.45, 2.75) is 26.7 Å². The molecule has 0 radical (unpaired) electrons. The number of rotatable bonds is 1. The molecule has 2 N–H and O–H groups in total. The molecule has 1 saturated heterocycles. The van der Waals surface area contributed by atoms with Gasteiger partial charge in [-0.15, -0.1) is 0 Å². The zero-order valence-corrected chi connectivity index (χ0v) is 9.93. The minimum atomic E-state index is -0.271. The van der Waals surface area contributed by atoms with Crippen molar-refractivity contribution in [3.8, 4) is 0 Å². The molecule has 0 bridgehead atoms. The van der Waals surface area contributed by atoms with Crippen LogP contribution >= 0.6 is 0 Å². The van der Waals surface area contributed by atoms with E-state index in [9.17, 15) is 9.59 Å². The molecule has 0 spiro atoms. The summed E-state index contributed by atoms with van der Waals surface area (Å²) in [6, 6.07) is 1.59. The molecule has 0 atom stereocenters. The number of piperidine rings is 1. The van der Waals surface area contributed by atoms with Gasteiger partial charge in [-0.1, -0.05) is 13.8 Å². The number of nitrogen functional groups attached to an aromatic ring is 1. The van der Waals surface area contributed by atoms with Crippen LogP contribution in [0.4, 0.5) is 11.4 Å². The van der Waals surface area contributed by atoms with E-state index in [0.29, 0.717) is 24.2 Å². The fraction of sp³-hybridized carbons (Fsp3) is 0.417. The van der Waals surface area contributed by atoms with E-state index < -0.39 is 0 Å². The smallest absolute Gasteiger partial charge is 0.234 e. The molecular formula is C12H15N3O2. The highest BCUT2D eigenvalue weighted by molar-refractivity contribution is 6.18. The van der Waals surface area contributed by atoms with E-state index in [-0.39, 0.29) is 17.2 Å². The second kappa shape index (κ2) is 3.84. The van der Waals surface area contributed by atoms with Gasteiger partial charge in [0.25, 0.3) is 0 Å². The van der Waals surface area contributed by atoms with Crippen molar-refractivity contribution in [1.82, 2.24) is 4.98 Å². The average Bonchev–Trinajstić information content (AvgIpc) is 2.17. The number of hydrogen-bond acceptors (Lipinski definition) is 4. The van der Waals surface area contributed by atoms with Crippen LogP contribution in [-0.4, -0.2) is 16.8 Å². The third-order valence-corrected chi connectivity index (χ3v) is 2.83. The van der Waals surface area contributed by atoms with Gasteiger partial charge in [0.1, 0.15) is 0 Å². The maximum Gasteiger partial charge on any atom is 0.234 e. The Morgan fingerprint density at radius 3 is 2.41 bits per heavy atom. The molecule has 2 heterocycles. The summed E-state index contributed by atoms with van der Waals surface area (Å²) in [4.78, 5) is 29.0. The van der Waals surface area contributed by atoms with Gasteiger partial charge in [-0.2, -0.15) is 0 Å². The Hall–Kier alpha value is -1.91. The van der Waals surface area contributed by atoms with Crippen LogP contribution in [0, 0.1) is 5.41 Å². The van der Waals surface area contributed by atoms with Crippen LogP contribution in [-0.2, 0) is 9.59 Å². The molecular weight excluding hydrogens is 218 g/mol. The van der Waals surface area contributed by atoms with Gasteiger partial charge in [0.2, 0.25) is 11.8 Å². The van der Waals surface area contributed by atoms with E-state index in [1.165, 1.54) is 17.3 Å². The molecule has 5 heteroatoms. The number of carbonyl (C=O) groups excluding carboxylic acids is 2. The van der Waals surface area contributed by atoms with Gasteiger partial charge >= 0.3 is 0 Å². The summed E-state index contributed by atoms with van der Waals surface area (Å²) >= 11 is 0. The van der Waals surface area contributed by atoms with Gasteiger partial charge in [-0.3, -0.25) is 14.6 Å². The Morgan fingerprint density at radius 2 is 1.88 bits per heavy atom. The number of nitrogens with two attached hydrogens (primary N) is 1. The quantitative estimate of drug-likeness (QED) is 0.743. The van der Waals surface area contributed by atoms with E-state index in [2.05, 4.69) is 4.98 Å². The molecule has 2 rings (SSSR count). The van der Waals surface area contributed by atoms with E-state index in [1.807, 2.05) is 13.8 Å². The molecule has 90 valence electrons. The highest BCUT2D eigenvalue weighted by Crippen LogP contribution is 2.35. The Bertz CT molecular complexity index is 462. The summed E-state index contributed by atoms with van der Waals surface area (Å²) in [7, 11) is 0. The van der Waals surface area contributed by atoms with Crippen molar-refractivity contribution in [2.75, 3.05) is 10.6 Å². The molecule has 2 amide bonds. The summed E-state index contributed by atoms with van der Waals surface area (Å²) in [5, 5.41) is 0. The summed E-state index contributed by atoms with van der Waals surface area (Å²) in [6.45, 7) is 3.83. The third-order valence-electron chi connectivity index (χ3n) is 2.83. The summed E-state index contributed by atoms with van der Waals surface area (Å²) in [5.74, 6) is -0.409. The number of hydrogen-bond donors (Lipinski definition) is 1. The predicted octanol–water partition coefficient (Wildman–Crippen LogP) is 1.34. The number of nitrogens with zero attached hydrogens (tertiary/aromatic N) is 2. The summed E-state index contributed by atoms with van der Waals surface area (Å²) < 4.78 is 0. The lowest BCUT2D eigenvalue weighted by atomic mass is 9.81. The first kappa shape index (κ1) is 11.6. The largest absolute Gasteiger partial charge is 0.396 e. The van der Waals surface area contributed by atoms with Gasteiger partial charge < -0.3 is 5.73 Å². The Labute approximate surface area is 99.6 Å². The SMILES string of the molecule is CC1(C)CC(=O)N(c2ccncc2N)C(=O)C1. The monoisotopic (exact) mass is 233 g/mol. The van der Waals surface area contributed by atoms with Crippen LogP contribution < -0.4 is 10.6 Å². The number of imide groups is 1. The van der Waals surface area contributed by atoms with E-state index in [4.69, 9.17) is 5.73 Å². The topological polar surface area (TPSA) is 76.3 Å². The predicted molar refractivity (Wildman–Crippen MR) is 64.2 cm³/mol. The second-order valence-electron chi connectivity index (χ2n) is 5.08. The van der Waals surface area contributed by atoms with Crippen molar-refractivity contribution < 1.29 is 9.59 Å². The zero-order valence-electron chi connectivity index (χ0n) is 9.93. The van der Waals surface area contributed by atoms with E-state index in [0.717, 1.165) is 0 Å². The van der Waals surface area contributed by atoms with Gasteiger partial charge in [0.05, 0.1) is 17.6 Å². The zero-order chi connectivity index (χ0) is 12.6. The first-order valence-electron chi connectivity index (χ1n) is 5.46. The first-order chi connectivity index (χ1) is 7.91. The van der Waals surface area contributed by atoms with Crippen molar-refractivity contribution >= 4 is 23.2 Å².